The fourth-order valence-electron chi connectivity index (χ4n) is 3.67. The first-order chi connectivity index (χ1) is 10.0. The molecule has 3 rings (SSSR count). The van der Waals surface area contributed by atoms with Crippen molar-refractivity contribution in [2.45, 2.75) is 49.6 Å². The van der Waals surface area contributed by atoms with Crippen molar-refractivity contribution in [1.82, 2.24) is 4.31 Å². The van der Waals surface area contributed by atoms with Crippen molar-refractivity contribution in [1.29, 1.82) is 0 Å². The monoisotopic (exact) mass is 328 g/mol. The van der Waals surface area contributed by atoms with Gasteiger partial charge in [0.2, 0.25) is 10.0 Å². The first kappa shape index (κ1) is 15.3. The van der Waals surface area contributed by atoms with Crippen molar-refractivity contribution in [2.24, 2.45) is 11.7 Å². The van der Waals surface area contributed by atoms with E-state index in [0.717, 1.165) is 31.2 Å². The summed E-state index contributed by atoms with van der Waals surface area (Å²) in [7, 11) is -3.50. The highest BCUT2D eigenvalue weighted by molar-refractivity contribution is 7.89. The molecule has 1 saturated carbocycles. The van der Waals surface area contributed by atoms with Crippen LogP contribution in [0, 0.1) is 5.92 Å². The normalized spacial score (nSPS) is 26.8. The van der Waals surface area contributed by atoms with E-state index in [9.17, 15) is 8.42 Å². The fraction of sp³-hybridized carbons (Fsp3) is 0.600. The molecule has 1 aromatic rings. The van der Waals surface area contributed by atoms with Crippen LogP contribution in [0.2, 0.25) is 5.02 Å². The van der Waals surface area contributed by atoms with Crippen LogP contribution in [0.1, 0.15) is 37.7 Å². The minimum absolute atomic E-state index is 0.161. The maximum atomic E-state index is 12.9. The molecule has 1 aliphatic carbocycles. The Kier molecular flexibility index (Phi) is 4.28. The van der Waals surface area contributed by atoms with E-state index in [1.165, 1.54) is 6.42 Å². The lowest BCUT2D eigenvalue weighted by Gasteiger charge is -2.31. The van der Waals surface area contributed by atoms with E-state index in [2.05, 4.69) is 0 Å². The zero-order valence-corrected chi connectivity index (χ0v) is 13.5. The Morgan fingerprint density at radius 2 is 2.00 bits per heavy atom. The maximum absolute atomic E-state index is 12.9. The van der Waals surface area contributed by atoms with Gasteiger partial charge < -0.3 is 5.73 Å². The molecular formula is C15H21ClN2O2S. The zero-order chi connectivity index (χ0) is 15.0. The van der Waals surface area contributed by atoms with Gasteiger partial charge >= 0.3 is 0 Å². The van der Waals surface area contributed by atoms with Gasteiger partial charge in [-0.3, -0.25) is 0 Å². The Hall–Kier alpha value is -0.620. The molecule has 1 aliphatic heterocycles. The van der Waals surface area contributed by atoms with Gasteiger partial charge in [-0.1, -0.05) is 30.5 Å². The minimum Gasteiger partial charge on any atom is -0.326 e. The molecule has 0 spiro atoms. The van der Waals surface area contributed by atoms with Crippen LogP contribution in [0.3, 0.4) is 0 Å². The predicted octanol–water partition coefficient (Wildman–Crippen LogP) is 2.75. The van der Waals surface area contributed by atoms with Crippen LogP contribution in [0.4, 0.5) is 0 Å². The molecule has 0 radical (unpaired) electrons. The molecule has 1 aromatic carbocycles. The molecule has 4 nitrogen and oxygen atoms in total. The van der Waals surface area contributed by atoms with E-state index in [1.807, 2.05) is 0 Å². The van der Waals surface area contributed by atoms with Crippen molar-refractivity contribution >= 4 is 21.6 Å². The summed E-state index contributed by atoms with van der Waals surface area (Å²) < 4.78 is 27.5. The van der Waals surface area contributed by atoms with E-state index in [4.69, 9.17) is 17.3 Å². The molecule has 1 heterocycles. The summed E-state index contributed by atoms with van der Waals surface area (Å²) in [6, 6.07) is 5.15. The smallest absolute Gasteiger partial charge is 0.244 e. The molecule has 21 heavy (non-hydrogen) atoms. The summed E-state index contributed by atoms with van der Waals surface area (Å²) in [4.78, 5) is 0.215. The number of hydrogen-bond donors (Lipinski definition) is 1. The van der Waals surface area contributed by atoms with Crippen LogP contribution < -0.4 is 5.73 Å². The second-order valence-corrected chi connectivity index (χ2v) is 8.25. The van der Waals surface area contributed by atoms with Crippen molar-refractivity contribution in [3.05, 3.63) is 28.8 Å². The number of sulfonamides is 1. The number of halogens is 1. The Morgan fingerprint density at radius 3 is 2.71 bits per heavy atom. The molecule has 2 aliphatic rings. The number of nitrogens with two attached hydrogens (primary N) is 1. The molecule has 0 bridgehead atoms. The van der Waals surface area contributed by atoms with Gasteiger partial charge in [-0.05, 0) is 42.9 Å². The third-order valence-corrected chi connectivity index (χ3v) is 7.19. The van der Waals surface area contributed by atoms with Crippen molar-refractivity contribution in [3.63, 3.8) is 0 Å². The van der Waals surface area contributed by atoms with Crippen LogP contribution in [0.5, 0.6) is 0 Å². The number of rotatable bonds is 3. The van der Waals surface area contributed by atoms with Gasteiger partial charge in [-0.2, -0.15) is 4.31 Å². The molecule has 2 unspecified atom stereocenters. The van der Waals surface area contributed by atoms with Crippen LogP contribution in [0.25, 0.3) is 0 Å². The van der Waals surface area contributed by atoms with E-state index in [-0.39, 0.29) is 16.0 Å². The van der Waals surface area contributed by atoms with Crippen molar-refractivity contribution in [2.75, 3.05) is 6.54 Å². The van der Waals surface area contributed by atoms with Gasteiger partial charge in [0.1, 0.15) is 4.90 Å². The maximum Gasteiger partial charge on any atom is 0.244 e. The minimum atomic E-state index is -3.50. The molecular weight excluding hydrogens is 308 g/mol. The average Bonchev–Trinajstić information content (AvgIpc) is 2.91. The van der Waals surface area contributed by atoms with Gasteiger partial charge in [-0.15, -0.1) is 0 Å². The van der Waals surface area contributed by atoms with Gasteiger partial charge in [0.25, 0.3) is 0 Å². The van der Waals surface area contributed by atoms with Gasteiger partial charge in [-0.25, -0.2) is 8.42 Å². The Morgan fingerprint density at radius 1 is 1.24 bits per heavy atom. The SMILES string of the molecule is NCc1ccc(S(=O)(=O)N2CCC3CCCCC32)c(Cl)c1. The molecule has 0 amide bonds. The first-order valence-corrected chi connectivity index (χ1v) is 9.36. The van der Waals surface area contributed by atoms with Crippen LogP contribution in [0.15, 0.2) is 23.1 Å². The van der Waals surface area contributed by atoms with Crippen molar-refractivity contribution < 1.29 is 8.42 Å². The van der Waals surface area contributed by atoms with E-state index >= 15 is 0 Å². The topological polar surface area (TPSA) is 63.4 Å². The highest BCUT2D eigenvalue weighted by Gasteiger charge is 2.42. The van der Waals surface area contributed by atoms with Crippen LogP contribution >= 0.6 is 11.6 Å². The summed E-state index contributed by atoms with van der Waals surface area (Å²) >= 11 is 6.18. The van der Waals surface area contributed by atoms with Crippen LogP contribution in [-0.4, -0.2) is 25.3 Å². The standard InChI is InChI=1S/C15H21ClN2O2S/c16-13-9-11(10-17)5-6-15(13)21(19,20)18-8-7-12-3-1-2-4-14(12)18/h5-6,9,12,14H,1-4,7-8,10,17H2. The lowest BCUT2D eigenvalue weighted by atomic mass is 9.86. The third-order valence-electron chi connectivity index (χ3n) is 4.78. The molecule has 2 N–H and O–H groups in total. The average molecular weight is 329 g/mol. The molecule has 116 valence electrons. The van der Waals surface area contributed by atoms with E-state index in [1.54, 1.807) is 22.5 Å². The molecule has 2 atom stereocenters. The van der Waals surface area contributed by atoms with Crippen molar-refractivity contribution in [3.8, 4) is 0 Å². The molecule has 0 aromatic heterocycles. The number of nitrogens with zero attached hydrogens (tertiary/aromatic N) is 1. The summed E-state index contributed by atoms with van der Waals surface area (Å²) in [5, 5.41) is 0.275. The van der Waals surface area contributed by atoms with E-state index < -0.39 is 10.0 Å². The predicted molar refractivity (Wildman–Crippen MR) is 83.6 cm³/mol. The summed E-state index contributed by atoms with van der Waals surface area (Å²) in [6.45, 7) is 0.973. The Balaban J connectivity index is 1.93. The highest BCUT2D eigenvalue weighted by Crippen LogP contribution is 2.40. The molecule has 2 fully saturated rings. The highest BCUT2D eigenvalue weighted by atomic mass is 35.5. The summed E-state index contributed by atoms with van der Waals surface area (Å²) in [5.41, 5.74) is 6.41. The fourth-order valence-corrected chi connectivity index (χ4v) is 5.94. The molecule has 1 saturated heterocycles. The number of fused-ring (bicyclic) bond motifs is 1. The van der Waals surface area contributed by atoms with Crippen LogP contribution in [-0.2, 0) is 16.6 Å². The Bertz CT molecular complexity index is 633. The number of benzene rings is 1. The lowest BCUT2D eigenvalue weighted by molar-refractivity contribution is 0.260. The summed E-state index contributed by atoms with van der Waals surface area (Å²) in [6.07, 6.45) is 5.44. The number of hydrogen-bond acceptors (Lipinski definition) is 3. The van der Waals surface area contributed by atoms with Gasteiger partial charge in [0.15, 0.2) is 0 Å². The van der Waals surface area contributed by atoms with E-state index in [0.29, 0.717) is 19.0 Å². The second kappa shape index (κ2) is 5.88. The largest absolute Gasteiger partial charge is 0.326 e. The first-order valence-electron chi connectivity index (χ1n) is 7.54. The van der Waals surface area contributed by atoms with Gasteiger partial charge in [0, 0.05) is 19.1 Å². The summed E-state index contributed by atoms with van der Waals surface area (Å²) in [5.74, 6) is 0.524. The quantitative estimate of drug-likeness (QED) is 0.928. The van der Waals surface area contributed by atoms with Gasteiger partial charge in [0.05, 0.1) is 5.02 Å². The lowest BCUT2D eigenvalue weighted by Crippen LogP contribution is -2.39. The Labute approximate surface area is 131 Å². The zero-order valence-electron chi connectivity index (χ0n) is 12.0. The molecule has 6 heteroatoms. The third kappa shape index (κ3) is 2.72. The second-order valence-electron chi connectivity index (χ2n) is 5.99.